The molecular formula is C12H18O5. The minimum absolute atomic E-state index is 0.179. The van der Waals surface area contributed by atoms with Gasteiger partial charge in [0.2, 0.25) is 0 Å². The minimum Gasteiger partial charge on any atom is -0.469 e. The normalized spacial score (nSPS) is 40.1. The predicted molar refractivity (Wildman–Crippen MR) is 59.4 cm³/mol. The molecule has 0 aliphatic carbocycles. The van der Waals surface area contributed by atoms with Gasteiger partial charge in [-0.3, -0.25) is 4.79 Å². The molecule has 5 heteroatoms. The fourth-order valence-electron chi connectivity index (χ4n) is 2.27. The number of epoxide rings is 1. The van der Waals surface area contributed by atoms with E-state index in [1.54, 1.807) is 6.92 Å². The van der Waals surface area contributed by atoms with Crippen molar-refractivity contribution in [2.45, 2.75) is 43.7 Å². The van der Waals surface area contributed by atoms with Gasteiger partial charge in [0.25, 0.3) is 0 Å². The lowest BCUT2D eigenvalue weighted by Crippen LogP contribution is -2.51. The lowest BCUT2D eigenvalue weighted by atomic mass is 9.86. The molecule has 0 radical (unpaired) electrons. The zero-order valence-electron chi connectivity index (χ0n) is 10.1. The third kappa shape index (κ3) is 2.36. The summed E-state index contributed by atoms with van der Waals surface area (Å²) >= 11 is 0. The van der Waals surface area contributed by atoms with Crippen LogP contribution in [-0.4, -0.2) is 48.7 Å². The van der Waals surface area contributed by atoms with Gasteiger partial charge in [-0.2, -0.15) is 0 Å². The van der Waals surface area contributed by atoms with E-state index in [2.05, 4.69) is 11.3 Å². The molecular weight excluding hydrogens is 224 g/mol. The second-order valence-corrected chi connectivity index (χ2v) is 4.81. The summed E-state index contributed by atoms with van der Waals surface area (Å²) in [5.41, 5.74) is 0.197. The number of hydrogen-bond donors (Lipinski definition) is 1. The lowest BCUT2D eigenvalue weighted by Gasteiger charge is -2.38. The number of esters is 1. The van der Waals surface area contributed by atoms with Crippen molar-refractivity contribution in [2.24, 2.45) is 0 Å². The summed E-state index contributed by atoms with van der Waals surface area (Å²) in [7, 11) is 1.35. The highest BCUT2D eigenvalue weighted by Crippen LogP contribution is 2.44. The molecule has 0 unspecified atom stereocenters. The average Bonchev–Trinajstić information content (AvgIpc) is 3.03. The van der Waals surface area contributed by atoms with Crippen LogP contribution >= 0.6 is 0 Å². The highest BCUT2D eigenvalue weighted by atomic mass is 16.6. The summed E-state index contributed by atoms with van der Waals surface area (Å²) in [4.78, 5) is 11.2. The highest BCUT2D eigenvalue weighted by Gasteiger charge is 2.59. The number of rotatable bonds is 3. The summed E-state index contributed by atoms with van der Waals surface area (Å²) in [5.74, 6) is -0.317. The molecule has 0 aromatic carbocycles. The Morgan fingerprint density at radius 1 is 1.65 bits per heavy atom. The quantitative estimate of drug-likeness (QED) is 0.441. The molecule has 2 saturated heterocycles. The molecule has 2 aliphatic rings. The molecule has 2 aliphatic heterocycles. The average molecular weight is 242 g/mol. The van der Waals surface area contributed by atoms with E-state index in [4.69, 9.17) is 9.47 Å². The van der Waals surface area contributed by atoms with E-state index < -0.39 is 17.8 Å². The third-order valence-electron chi connectivity index (χ3n) is 3.36. The van der Waals surface area contributed by atoms with Crippen LogP contribution in [0.5, 0.6) is 0 Å². The first kappa shape index (κ1) is 12.5. The SMILES string of the molecule is C=C(C)[C@H]1O[C@H](CC(=O)OC)C[C@@]2(CO2)[C@@H]1O. The maximum Gasteiger partial charge on any atom is 0.308 e. The molecule has 1 spiro atoms. The van der Waals surface area contributed by atoms with Gasteiger partial charge in [0.05, 0.1) is 26.2 Å². The van der Waals surface area contributed by atoms with Crippen LogP contribution in [0.4, 0.5) is 0 Å². The summed E-state index contributed by atoms with van der Waals surface area (Å²) < 4.78 is 15.6. The van der Waals surface area contributed by atoms with Crippen molar-refractivity contribution in [2.75, 3.05) is 13.7 Å². The Morgan fingerprint density at radius 3 is 2.76 bits per heavy atom. The van der Waals surface area contributed by atoms with Gasteiger partial charge in [0.15, 0.2) is 0 Å². The van der Waals surface area contributed by atoms with E-state index in [1.165, 1.54) is 7.11 Å². The largest absolute Gasteiger partial charge is 0.469 e. The van der Waals surface area contributed by atoms with Crippen molar-refractivity contribution in [1.29, 1.82) is 0 Å². The fourth-order valence-corrected chi connectivity index (χ4v) is 2.27. The van der Waals surface area contributed by atoms with E-state index in [1.807, 2.05) is 0 Å². The Kier molecular flexibility index (Phi) is 3.25. The Bertz CT molecular complexity index is 334. The van der Waals surface area contributed by atoms with Crippen LogP contribution in [0.1, 0.15) is 19.8 Å². The molecule has 0 amide bonds. The Hall–Kier alpha value is -0.910. The molecule has 17 heavy (non-hydrogen) atoms. The Balaban J connectivity index is 2.06. The molecule has 0 aromatic heterocycles. The van der Waals surface area contributed by atoms with Crippen molar-refractivity contribution in [3.63, 3.8) is 0 Å². The number of carbonyl (C=O) groups excluding carboxylic acids is 1. The number of carbonyl (C=O) groups is 1. The van der Waals surface area contributed by atoms with Crippen LogP contribution in [-0.2, 0) is 19.0 Å². The zero-order chi connectivity index (χ0) is 12.6. The summed E-state index contributed by atoms with van der Waals surface area (Å²) in [6, 6.07) is 0. The summed E-state index contributed by atoms with van der Waals surface area (Å²) in [6.07, 6.45) is -0.754. The van der Waals surface area contributed by atoms with Gasteiger partial charge in [-0.25, -0.2) is 0 Å². The topological polar surface area (TPSA) is 68.3 Å². The second-order valence-electron chi connectivity index (χ2n) is 4.81. The molecule has 2 fully saturated rings. The van der Waals surface area contributed by atoms with Crippen LogP contribution in [0, 0.1) is 0 Å². The van der Waals surface area contributed by atoms with E-state index >= 15 is 0 Å². The van der Waals surface area contributed by atoms with Gasteiger partial charge in [-0.15, -0.1) is 0 Å². The number of aliphatic hydroxyl groups excluding tert-OH is 1. The third-order valence-corrected chi connectivity index (χ3v) is 3.36. The Morgan fingerprint density at radius 2 is 2.29 bits per heavy atom. The standard InChI is InChI=1S/C12H18O5/c1-7(2)10-11(14)12(6-16-12)5-8(17-10)4-9(13)15-3/h8,10-11,14H,1,4-6H2,2-3H3/t8-,10-,11-,12-/m1/s1. The van der Waals surface area contributed by atoms with Gasteiger partial charge < -0.3 is 19.3 Å². The van der Waals surface area contributed by atoms with E-state index in [-0.39, 0.29) is 18.5 Å². The van der Waals surface area contributed by atoms with E-state index in [0.29, 0.717) is 13.0 Å². The molecule has 4 atom stereocenters. The van der Waals surface area contributed by atoms with Crippen LogP contribution < -0.4 is 0 Å². The molecule has 0 bridgehead atoms. The molecule has 2 rings (SSSR count). The van der Waals surface area contributed by atoms with Gasteiger partial charge in [-0.1, -0.05) is 6.58 Å². The van der Waals surface area contributed by atoms with Crippen molar-refractivity contribution >= 4 is 5.97 Å². The molecule has 0 aromatic rings. The molecule has 2 heterocycles. The van der Waals surface area contributed by atoms with Gasteiger partial charge in [0.1, 0.15) is 17.8 Å². The number of methoxy groups -OCH3 is 1. The highest BCUT2D eigenvalue weighted by molar-refractivity contribution is 5.69. The molecule has 5 nitrogen and oxygen atoms in total. The van der Waals surface area contributed by atoms with Gasteiger partial charge in [0, 0.05) is 6.42 Å². The van der Waals surface area contributed by atoms with E-state index in [9.17, 15) is 9.90 Å². The maximum atomic E-state index is 11.2. The predicted octanol–water partition coefficient (Wildman–Crippen LogP) is 0.413. The van der Waals surface area contributed by atoms with E-state index in [0.717, 1.165) is 5.57 Å². The van der Waals surface area contributed by atoms with Crippen molar-refractivity contribution in [3.8, 4) is 0 Å². The zero-order valence-corrected chi connectivity index (χ0v) is 10.1. The number of hydrogen-bond acceptors (Lipinski definition) is 5. The second kappa shape index (κ2) is 4.40. The summed E-state index contributed by atoms with van der Waals surface area (Å²) in [5, 5.41) is 10.1. The molecule has 0 saturated carbocycles. The van der Waals surface area contributed by atoms with Crippen LogP contribution in [0.15, 0.2) is 12.2 Å². The maximum absolute atomic E-state index is 11.2. The lowest BCUT2D eigenvalue weighted by molar-refractivity contribution is -0.159. The van der Waals surface area contributed by atoms with Crippen molar-refractivity contribution in [3.05, 3.63) is 12.2 Å². The molecule has 96 valence electrons. The molecule has 1 N–H and O–H groups in total. The first-order valence-corrected chi connectivity index (χ1v) is 5.68. The smallest absolute Gasteiger partial charge is 0.308 e. The Labute approximate surface area is 100 Å². The van der Waals surface area contributed by atoms with Crippen molar-refractivity contribution < 1.29 is 24.1 Å². The fraction of sp³-hybridized carbons (Fsp3) is 0.750. The van der Waals surface area contributed by atoms with Crippen LogP contribution in [0.3, 0.4) is 0 Å². The van der Waals surface area contributed by atoms with Gasteiger partial charge >= 0.3 is 5.97 Å². The van der Waals surface area contributed by atoms with Gasteiger partial charge in [-0.05, 0) is 12.5 Å². The first-order valence-electron chi connectivity index (χ1n) is 5.68. The van der Waals surface area contributed by atoms with Crippen molar-refractivity contribution in [1.82, 2.24) is 0 Å². The summed E-state index contributed by atoms with van der Waals surface area (Å²) in [6.45, 7) is 6.11. The number of ether oxygens (including phenoxy) is 3. The van der Waals surface area contributed by atoms with Crippen LogP contribution in [0.25, 0.3) is 0 Å². The first-order chi connectivity index (χ1) is 7.98. The minimum atomic E-state index is -0.700. The number of aliphatic hydroxyl groups is 1. The monoisotopic (exact) mass is 242 g/mol. The van der Waals surface area contributed by atoms with Crippen LogP contribution in [0.2, 0.25) is 0 Å².